The Morgan fingerprint density at radius 3 is 2.82 bits per heavy atom. The van der Waals surface area contributed by atoms with Crippen LogP contribution >= 0.6 is 11.8 Å². The summed E-state index contributed by atoms with van der Waals surface area (Å²) in [5, 5.41) is 10.1. The number of benzene rings is 1. The molecule has 3 rings (SSSR count). The van der Waals surface area contributed by atoms with Gasteiger partial charge in [0.1, 0.15) is 5.75 Å². The van der Waals surface area contributed by atoms with Crippen molar-refractivity contribution in [2.75, 3.05) is 20.0 Å². The molecule has 7 heteroatoms. The van der Waals surface area contributed by atoms with Gasteiger partial charge in [-0.15, -0.1) is 10.2 Å². The van der Waals surface area contributed by atoms with Crippen LogP contribution in [0.4, 0.5) is 0 Å². The van der Waals surface area contributed by atoms with E-state index in [-0.39, 0.29) is 11.7 Å². The van der Waals surface area contributed by atoms with Crippen LogP contribution in [0, 0.1) is 6.92 Å². The predicted molar refractivity (Wildman–Crippen MR) is 84.5 cm³/mol. The number of carbonyl (C=O) groups excluding carboxylic acids is 1. The van der Waals surface area contributed by atoms with Gasteiger partial charge in [-0.25, -0.2) is 0 Å². The maximum absolute atomic E-state index is 11.4. The van der Waals surface area contributed by atoms with Gasteiger partial charge in [-0.3, -0.25) is 9.20 Å². The van der Waals surface area contributed by atoms with Gasteiger partial charge < -0.3 is 9.47 Å². The number of carbonyl (C=O) groups is 1. The third-order valence-corrected chi connectivity index (χ3v) is 4.29. The van der Waals surface area contributed by atoms with Crippen LogP contribution in [-0.2, 0) is 9.53 Å². The summed E-state index contributed by atoms with van der Waals surface area (Å²) < 4.78 is 11.9. The second-order valence-corrected chi connectivity index (χ2v) is 5.70. The minimum absolute atomic E-state index is 0.191. The molecule has 0 aliphatic carbocycles. The number of ether oxygens (including phenoxy) is 2. The zero-order valence-electron chi connectivity index (χ0n) is 12.5. The van der Waals surface area contributed by atoms with Gasteiger partial charge in [-0.1, -0.05) is 11.8 Å². The van der Waals surface area contributed by atoms with Crippen molar-refractivity contribution in [2.24, 2.45) is 0 Å². The zero-order valence-corrected chi connectivity index (χ0v) is 13.3. The molecule has 2 heterocycles. The molecule has 0 radical (unpaired) electrons. The Balaban J connectivity index is 2.19. The highest BCUT2D eigenvalue weighted by Crippen LogP contribution is 2.28. The monoisotopic (exact) mass is 317 g/mol. The summed E-state index contributed by atoms with van der Waals surface area (Å²) in [5.74, 6) is 0.656. The van der Waals surface area contributed by atoms with Crippen molar-refractivity contribution in [3.63, 3.8) is 0 Å². The lowest BCUT2D eigenvalue weighted by molar-refractivity contribution is -0.137. The Labute approximate surface area is 131 Å². The molecular weight excluding hydrogens is 302 g/mol. The number of esters is 1. The molecule has 0 unspecified atom stereocenters. The molecule has 0 saturated carbocycles. The van der Waals surface area contributed by atoms with Crippen LogP contribution in [0.1, 0.15) is 5.56 Å². The minimum Gasteiger partial charge on any atom is -0.497 e. The Kier molecular flexibility index (Phi) is 3.89. The molecule has 114 valence electrons. The molecule has 0 aliphatic rings. The summed E-state index contributed by atoms with van der Waals surface area (Å²) in [6.07, 6.45) is 0. The smallest absolute Gasteiger partial charge is 0.316 e. The van der Waals surface area contributed by atoms with Crippen molar-refractivity contribution in [1.29, 1.82) is 0 Å². The topological polar surface area (TPSA) is 65.7 Å². The molecular formula is C15H15N3O3S. The van der Waals surface area contributed by atoms with Crippen molar-refractivity contribution in [3.8, 4) is 5.75 Å². The van der Waals surface area contributed by atoms with Crippen LogP contribution in [0.2, 0.25) is 0 Å². The normalized spacial score (nSPS) is 11.0. The zero-order chi connectivity index (χ0) is 15.7. The Morgan fingerprint density at radius 1 is 1.27 bits per heavy atom. The second kappa shape index (κ2) is 5.84. The highest BCUT2D eigenvalue weighted by molar-refractivity contribution is 7.99. The number of hydrogen-bond donors (Lipinski definition) is 0. The van der Waals surface area contributed by atoms with Crippen LogP contribution in [0.25, 0.3) is 16.6 Å². The van der Waals surface area contributed by atoms with Crippen molar-refractivity contribution in [2.45, 2.75) is 12.1 Å². The van der Waals surface area contributed by atoms with Crippen molar-refractivity contribution < 1.29 is 14.3 Å². The quantitative estimate of drug-likeness (QED) is 0.544. The van der Waals surface area contributed by atoms with Crippen LogP contribution in [0.15, 0.2) is 29.4 Å². The van der Waals surface area contributed by atoms with E-state index in [1.807, 2.05) is 29.5 Å². The van der Waals surface area contributed by atoms with Crippen molar-refractivity contribution in [1.82, 2.24) is 14.6 Å². The van der Waals surface area contributed by atoms with E-state index in [0.717, 1.165) is 27.9 Å². The van der Waals surface area contributed by atoms with Crippen LogP contribution in [0.3, 0.4) is 0 Å². The lowest BCUT2D eigenvalue weighted by atomic mass is 10.1. The summed E-state index contributed by atoms with van der Waals surface area (Å²) in [5.41, 5.74) is 2.74. The molecule has 0 atom stereocenters. The van der Waals surface area contributed by atoms with Crippen molar-refractivity contribution >= 4 is 34.3 Å². The predicted octanol–water partition coefficient (Wildman–Crippen LogP) is 2.46. The first-order valence-electron chi connectivity index (χ1n) is 6.66. The first kappa shape index (κ1) is 14.6. The van der Waals surface area contributed by atoms with E-state index in [9.17, 15) is 4.79 Å². The molecule has 0 amide bonds. The number of nitrogens with zero attached hydrogens (tertiary/aromatic N) is 3. The van der Waals surface area contributed by atoms with Crippen LogP contribution in [0.5, 0.6) is 5.75 Å². The number of hydrogen-bond acceptors (Lipinski definition) is 6. The summed E-state index contributed by atoms with van der Waals surface area (Å²) in [7, 11) is 3.00. The highest BCUT2D eigenvalue weighted by atomic mass is 32.2. The fraction of sp³-hybridized carbons (Fsp3) is 0.267. The summed E-state index contributed by atoms with van der Waals surface area (Å²) in [4.78, 5) is 11.4. The number of rotatable bonds is 4. The number of aryl methyl sites for hydroxylation is 1. The summed E-state index contributed by atoms with van der Waals surface area (Å²) >= 11 is 1.30. The largest absolute Gasteiger partial charge is 0.497 e. The van der Waals surface area contributed by atoms with E-state index in [1.165, 1.54) is 18.9 Å². The van der Waals surface area contributed by atoms with Gasteiger partial charge in [0.2, 0.25) is 0 Å². The third-order valence-electron chi connectivity index (χ3n) is 3.38. The van der Waals surface area contributed by atoms with E-state index in [1.54, 1.807) is 7.11 Å². The molecule has 6 nitrogen and oxygen atoms in total. The van der Waals surface area contributed by atoms with Gasteiger partial charge in [0.25, 0.3) is 0 Å². The molecule has 0 bridgehead atoms. The lowest BCUT2D eigenvalue weighted by Crippen LogP contribution is -2.04. The Hall–Kier alpha value is -2.28. The number of methoxy groups -OCH3 is 2. The maximum atomic E-state index is 11.4. The van der Waals surface area contributed by atoms with Gasteiger partial charge in [0, 0.05) is 6.07 Å². The number of thioether (sulfide) groups is 1. The van der Waals surface area contributed by atoms with E-state index < -0.39 is 0 Å². The van der Waals surface area contributed by atoms with Gasteiger partial charge >= 0.3 is 5.97 Å². The second-order valence-electron chi connectivity index (χ2n) is 4.76. The first-order valence-corrected chi connectivity index (χ1v) is 7.64. The molecule has 22 heavy (non-hydrogen) atoms. The number of aromatic nitrogens is 3. The number of pyridine rings is 1. The van der Waals surface area contributed by atoms with Gasteiger partial charge in [-0.05, 0) is 36.1 Å². The molecule has 1 aromatic carbocycles. The molecule has 0 fully saturated rings. The first-order chi connectivity index (χ1) is 10.6. The van der Waals surface area contributed by atoms with Gasteiger partial charge in [0.15, 0.2) is 10.8 Å². The average Bonchev–Trinajstić information content (AvgIpc) is 2.97. The minimum atomic E-state index is -0.295. The van der Waals surface area contributed by atoms with Crippen LogP contribution in [-0.4, -0.2) is 40.5 Å². The summed E-state index contributed by atoms with van der Waals surface area (Å²) in [6.45, 7) is 1.99. The number of fused-ring (bicyclic) bond motifs is 3. The standard InChI is InChI=1S/C15H15N3O3S/c1-9-6-10-4-5-11(20-2)7-12(10)18-14(9)16-17-15(18)22-8-13(19)21-3/h4-7H,8H2,1-3H3. The molecule has 2 aromatic heterocycles. The van der Waals surface area contributed by atoms with E-state index >= 15 is 0 Å². The van der Waals surface area contributed by atoms with Gasteiger partial charge in [0.05, 0.1) is 25.5 Å². The van der Waals surface area contributed by atoms with Crippen molar-refractivity contribution in [3.05, 3.63) is 29.8 Å². The lowest BCUT2D eigenvalue weighted by Gasteiger charge is -2.08. The molecule has 0 spiro atoms. The Bertz CT molecular complexity index is 860. The fourth-order valence-corrected chi connectivity index (χ4v) is 3.06. The van der Waals surface area contributed by atoms with Gasteiger partial charge in [-0.2, -0.15) is 0 Å². The van der Waals surface area contributed by atoms with Crippen LogP contribution < -0.4 is 4.74 Å². The Morgan fingerprint density at radius 2 is 2.09 bits per heavy atom. The SMILES string of the molecule is COC(=O)CSc1nnc2c(C)cc3ccc(OC)cc3n12. The fourth-order valence-electron chi connectivity index (χ4n) is 2.28. The maximum Gasteiger partial charge on any atom is 0.316 e. The average molecular weight is 317 g/mol. The summed E-state index contributed by atoms with van der Waals surface area (Å²) in [6, 6.07) is 7.91. The highest BCUT2D eigenvalue weighted by Gasteiger charge is 2.14. The van der Waals surface area contributed by atoms with E-state index in [0.29, 0.717) is 5.16 Å². The third kappa shape index (κ3) is 2.48. The molecule has 0 N–H and O–H groups in total. The molecule has 0 aliphatic heterocycles. The van der Waals surface area contributed by atoms with E-state index in [2.05, 4.69) is 21.0 Å². The van der Waals surface area contributed by atoms with E-state index in [4.69, 9.17) is 4.74 Å². The molecule has 3 aromatic rings. The molecule has 0 saturated heterocycles.